The van der Waals surface area contributed by atoms with Crippen LogP contribution in [0.1, 0.15) is 47.3 Å². The van der Waals surface area contributed by atoms with Gasteiger partial charge < -0.3 is 14.6 Å². The van der Waals surface area contributed by atoms with Crippen molar-refractivity contribution in [2.45, 2.75) is 38.2 Å². The molecule has 1 aromatic carbocycles. The van der Waals surface area contributed by atoms with Gasteiger partial charge in [0, 0.05) is 11.6 Å². The van der Waals surface area contributed by atoms with E-state index in [1.54, 1.807) is 18.0 Å². The summed E-state index contributed by atoms with van der Waals surface area (Å²) in [7, 11) is 0. The zero-order chi connectivity index (χ0) is 17.8. The topological polar surface area (TPSA) is 62.6 Å². The number of nitrogens with one attached hydrogen (secondary N) is 1. The van der Waals surface area contributed by atoms with E-state index in [0.717, 1.165) is 17.7 Å². The van der Waals surface area contributed by atoms with Crippen molar-refractivity contribution in [2.75, 3.05) is 5.75 Å². The number of benzene rings is 1. The smallest absolute Gasteiger partial charge is 0.251 e. The lowest BCUT2D eigenvalue weighted by atomic mass is 10.1. The van der Waals surface area contributed by atoms with Crippen LogP contribution in [0.5, 0.6) is 0 Å². The normalized spacial score (nSPS) is 18.4. The van der Waals surface area contributed by atoms with Gasteiger partial charge in [-0.25, -0.2) is 0 Å². The molecule has 1 N–H and O–H groups in total. The summed E-state index contributed by atoms with van der Waals surface area (Å²) in [6, 6.07) is 11.3. The zero-order valence-electron chi connectivity index (χ0n) is 14.4. The number of hydrogen-bond donors (Lipinski definition) is 1. The highest BCUT2D eigenvalue weighted by atomic mass is 32.2. The number of carbonyl (C=O) groups is 2. The highest BCUT2D eigenvalue weighted by Crippen LogP contribution is 2.39. The molecule has 1 aliphatic rings. The van der Waals surface area contributed by atoms with Crippen molar-refractivity contribution in [1.82, 2.24) is 10.2 Å². The highest BCUT2D eigenvalue weighted by Gasteiger charge is 2.33. The van der Waals surface area contributed by atoms with Crippen LogP contribution in [0.25, 0.3) is 0 Å². The first kappa shape index (κ1) is 17.6. The quantitative estimate of drug-likeness (QED) is 0.857. The van der Waals surface area contributed by atoms with Crippen LogP contribution >= 0.6 is 11.8 Å². The van der Waals surface area contributed by atoms with E-state index in [1.807, 2.05) is 55.1 Å². The molecule has 2 heterocycles. The fourth-order valence-corrected chi connectivity index (χ4v) is 3.87. The van der Waals surface area contributed by atoms with Gasteiger partial charge in [0.2, 0.25) is 5.91 Å². The van der Waals surface area contributed by atoms with E-state index in [4.69, 9.17) is 4.42 Å². The Hall–Kier alpha value is -2.21. The monoisotopic (exact) mass is 358 g/mol. The first-order valence-electron chi connectivity index (χ1n) is 8.42. The molecule has 1 fully saturated rings. The van der Waals surface area contributed by atoms with E-state index in [0.29, 0.717) is 17.9 Å². The molecule has 3 rings (SSSR count). The van der Waals surface area contributed by atoms with Gasteiger partial charge in [0.25, 0.3) is 5.91 Å². The van der Waals surface area contributed by atoms with E-state index >= 15 is 0 Å². The first-order valence-corrected chi connectivity index (χ1v) is 9.47. The van der Waals surface area contributed by atoms with Gasteiger partial charge in [-0.2, -0.15) is 0 Å². The summed E-state index contributed by atoms with van der Waals surface area (Å²) >= 11 is 1.60. The summed E-state index contributed by atoms with van der Waals surface area (Å²) in [5.74, 6) is 1.26. The van der Waals surface area contributed by atoms with E-state index in [1.165, 1.54) is 0 Å². The lowest BCUT2D eigenvalue weighted by Gasteiger charge is -2.23. The molecular formula is C19H22N2O3S. The van der Waals surface area contributed by atoms with Crippen LogP contribution in [0.2, 0.25) is 0 Å². The number of carbonyl (C=O) groups excluding carboxylic acids is 2. The van der Waals surface area contributed by atoms with Crippen LogP contribution in [0.3, 0.4) is 0 Å². The van der Waals surface area contributed by atoms with Crippen molar-refractivity contribution < 1.29 is 14.0 Å². The van der Waals surface area contributed by atoms with Crippen LogP contribution in [0.4, 0.5) is 0 Å². The number of rotatable bonds is 6. The Labute approximate surface area is 151 Å². The second-order valence-corrected chi connectivity index (χ2v) is 7.24. The largest absolute Gasteiger partial charge is 0.467 e. The van der Waals surface area contributed by atoms with E-state index in [-0.39, 0.29) is 23.2 Å². The number of thioether (sulfide) groups is 1. The number of nitrogens with zero attached hydrogens (tertiary/aromatic N) is 1. The molecule has 2 amide bonds. The zero-order valence-corrected chi connectivity index (χ0v) is 15.2. The van der Waals surface area contributed by atoms with Crippen molar-refractivity contribution in [3.63, 3.8) is 0 Å². The minimum absolute atomic E-state index is 0.0516. The molecule has 1 aliphatic heterocycles. The minimum atomic E-state index is -0.0662. The van der Waals surface area contributed by atoms with Crippen LogP contribution < -0.4 is 5.32 Å². The van der Waals surface area contributed by atoms with Crippen molar-refractivity contribution in [3.8, 4) is 0 Å². The fourth-order valence-electron chi connectivity index (χ4n) is 2.68. The van der Waals surface area contributed by atoms with Crippen LogP contribution in [0, 0.1) is 0 Å². The van der Waals surface area contributed by atoms with Crippen LogP contribution in [-0.2, 0) is 11.3 Å². The molecule has 1 aromatic heterocycles. The molecule has 0 aliphatic carbocycles. The highest BCUT2D eigenvalue weighted by molar-refractivity contribution is 8.00. The van der Waals surface area contributed by atoms with Gasteiger partial charge in [-0.1, -0.05) is 19.1 Å². The Morgan fingerprint density at radius 1 is 1.36 bits per heavy atom. The number of hydrogen-bond acceptors (Lipinski definition) is 4. The summed E-state index contributed by atoms with van der Waals surface area (Å²) in [4.78, 5) is 26.2. The van der Waals surface area contributed by atoms with Gasteiger partial charge in [-0.3, -0.25) is 9.59 Å². The summed E-state index contributed by atoms with van der Waals surface area (Å²) in [5.41, 5.74) is 1.65. The molecule has 0 radical (unpaired) electrons. The summed E-state index contributed by atoms with van der Waals surface area (Å²) in [5, 5.41) is 2.91. The van der Waals surface area contributed by atoms with Gasteiger partial charge in [-0.15, -0.1) is 11.8 Å². The average molecular weight is 358 g/mol. The molecule has 1 saturated heterocycles. The maximum atomic E-state index is 12.2. The van der Waals surface area contributed by atoms with Crippen molar-refractivity contribution >= 4 is 23.6 Å². The second-order valence-electron chi connectivity index (χ2n) is 6.17. The molecule has 0 spiro atoms. The Morgan fingerprint density at radius 3 is 2.76 bits per heavy atom. The maximum absolute atomic E-state index is 12.2. The Morgan fingerprint density at radius 2 is 2.12 bits per heavy atom. The molecule has 0 unspecified atom stereocenters. The van der Waals surface area contributed by atoms with Crippen molar-refractivity contribution in [1.29, 1.82) is 0 Å². The molecule has 25 heavy (non-hydrogen) atoms. The van der Waals surface area contributed by atoms with Gasteiger partial charge >= 0.3 is 0 Å². The standard InChI is InChI=1S/C19H22N2O3S/c1-3-13(2)20-18(23)14-6-8-15(9-7-14)19-21(17(22)12-25-19)11-16-5-4-10-24-16/h4-10,13,19H,3,11-12H2,1-2H3,(H,20,23)/t13-,19+/m0/s1. The van der Waals surface area contributed by atoms with E-state index < -0.39 is 0 Å². The fraction of sp³-hybridized carbons (Fsp3) is 0.368. The van der Waals surface area contributed by atoms with Crippen molar-refractivity contribution in [3.05, 3.63) is 59.5 Å². The number of furan rings is 1. The summed E-state index contributed by atoms with van der Waals surface area (Å²) < 4.78 is 5.37. The third kappa shape index (κ3) is 4.07. The molecule has 2 aromatic rings. The molecule has 0 bridgehead atoms. The maximum Gasteiger partial charge on any atom is 0.251 e. The van der Waals surface area contributed by atoms with E-state index in [2.05, 4.69) is 5.32 Å². The molecule has 6 heteroatoms. The molecule has 132 valence electrons. The molecular weight excluding hydrogens is 336 g/mol. The first-order chi connectivity index (χ1) is 12.1. The second kappa shape index (κ2) is 7.78. The average Bonchev–Trinajstić information content (AvgIpc) is 3.26. The van der Waals surface area contributed by atoms with E-state index in [9.17, 15) is 9.59 Å². The van der Waals surface area contributed by atoms with Gasteiger partial charge in [0.05, 0.1) is 18.6 Å². The Bertz CT molecular complexity index is 728. The van der Waals surface area contributed by atoms with Crippen LogP contribution in [0.15, 0.2) is 47.1 Å². The van der Waals surface area contributed by atoms with Gasteiger partial charge in [0.15, 0.2) is 0 Å². The summed E-state index contributed by atoms with van der Waals surface area (Å²) in [6.07, 6.45) is 2.51. The molecule has 2 atom stereocenters. The predicted octanol–water partition coefficient (Wildman–Crippen LogP) is 3.58. The predicted molar refractivity (Wildman–Crippen MR) is 98.1 cm³/mol. The lowest BCUT2D eigenvalue weighted by Crippen LogP contribution is -2.32. The lowest BCUT2D eigenvalue weighted by molar-refractivity contribution is -0.128. The Balaban J connectivity index is 1.72. The summed E-state index contributed by atoms with van der Waals surface area (Å²) in [6.45, 7) is 4.48. The Kier molecular flexibility index (Phi) is 5.48. The third-order valence-corrected chi connectivity index (χ3v) is 5.58. The number of amides is 2. The van der Waals surface area contributed by atoms with Gasteiger partial charge in [-0.05, 0) is 43.2 Å². The third-order valence-electron chi connectivity index (χ3n) is 4.32. The van der Waals surface area contributed by atoms with Gasteiger partial charge in [0.1, 0.15) is 11.1 Å². The minimum Gasteiger partial charge on any atom is -0.467 e. The van der Waals surface area contributed by atoms with Crippen molar-refractivity contribution in [2.24, 2.45) is 0 Å². The molecule has 5 nitrogen and oxygen atoms in total. The SMILES string of the molecule is CC[C@H](C)NC(=O)c1ccc([C@H]2SCC(=O)N2Cc2ccco2)cc1. The van der Waals surface area contributed by atoms with Crippen LogP contribution in [-0.4, -0.2) is 28.5 Å². The molecule has 0 saturated carbocycles.